The van der Waals surface area contributed by atoms with Crippen LogP contribution in [0.15, 0.2) is 0 Å². The Morgan fingerprint density at radius 2 is 1.39 bits per heavy atom. The van der Waals surface area contributed by atoms with E-state index in [2.05, 4.69) is 48.5 Å². The van der Waals surface area contributed by atoms with Gasteiger partial charge in [0.25, 0.3) is 0 Å². The minimum absolute atomic E-state index is 0.583. The van der Waals surface area contributed by atoms with Crippen LogP contribution in [0.2, 0.25) is 0 Å². The monoisotopic (exact) mass is 254 g/mol. The van der Waals surface area contributed by atoms with Crippen molar-refractivity contribution in [2.45, 2.75) is 93.4 Å². The molecule has 0 heterocycles. The van der Waals surface area contributed by atoms with Crippen molar-refractivity contribution in [3.8, 4) is 0 Å². The van der Waals surface area contributed by atoms with Gasteiger partial charge in [0.1, 0.15) is 0 Å². The Hall–Kier alpha value is 0. The van der Waals surface area contributed by atoms with E-state index in [0.29, 0.717) is 5.41 Å². The van der Waals surface area contributed by atoms with E-state index >= 15 is 0 Å². The molecule has 0 rings (SSSR count). The van der Waals surface area contributed by atoms with E-state index < -0.39 is 0 Å². The topological polar surface area (TPSA) is 0 Å². The SMILES string of the molecule is CCCCC(C(C)C)C(CC)(CCCC)C(C)C. The summed E-state index contributed by atoms with van der Waals surface area (Å²) in [6.07, 6.45) is 9.72. The van der Waals surface area contributed by atoms with Crippen LogP contribution in [-0.4, -0.2) is 0 Å². The van der Waals surface area contributed by atoms with Crippen molar-refractivity contribution in [2.75, 3.05) is 0 Å². The zero-order valence-electron chi connectivity index (χ0n) is 14.2. The Labute approximate surface area is 117 Å². The van der Waals surface area contributed by atoms with Gasteiger partial charge < -0.3 is 0 Å². The highest BCUT2D eigenvalue weighted by molar-refractivity contribution is 4.89. The number of hydrogen-bond acceptors (Lipinski definition) is 0. The van der Waals surface area contributed by atoms with E-state index in [1.165, 1.54) is 44.9 Å². The van der Waals surface area contributed by atoms with Crippen molar-refractivity contribution >= 4 is 0 Å². The van der Waals surface area contributed by atoms with Crippen LogP contribution in [-0.2, 0) is 0 Å². The number of unbranched alkanes of at least 4 members (excludes halogenated alkanes) is 2. The molecule has 0 amide bonds. The molecule has 18 heavy (non-hydrogen) atoms. The van der Waals surface area contributed by atoms with Gasteiger partial charge in [0.05, 0.1) is 0 Å². The van der Waals surface area contributed by atoms with E-state index in [1.54, 1.807) is 0 Å². The third kappa shape index (κ3) is 4.59. The fourth-order valence-corrected chi connectivity index (χ4v) is 3.96. The molecule has 0 spiro atoms. The third-order valence-electron chi connectivity index (χ3n) is 5.22. The molecule has 110 valence electrons. The van der Waals surface area contributed by atoms with Gasteiger partial charge in [-0.3, -0.25) is 0 Å². The average molecular weight is 255 g/mol. The molecule has 2 unspecified atom stereocenters. The molecule has 0 aromatic carbocycles. The minimum atomic E-state index is 0.583. The summed E-state index contributed by atoms with van der Waals surface area (Å²) in [5.41, 5.74) is 0.583. The number of hydrogen-bond donors (Lipinski definition) is 0. The van der Waals surface area contributed by atoms with E-state index in [1.807, 2.05) is 0 Å². The molecule has 2 atom stereocenters. The predicted molar refractivity (Wildman–Crippen MR) is 84.9 cm³/mol. The lowest BCUT2D eigenvalue weighted by molar-refractivity contribution is 0.0303. The van der Waals surface area contributed by atoms with Crippen LogP contribution in [0.1, 0.15) is 93.4 Å². The van der Waals surface area contributed by atoms with Gasteiger partial charge in [0.15, 0.2) is 0 Å². The lowest BCUT2D eigenvalue weighted by Gasteiger charge is -2.46. The molecule has 0 aliphatic rings. The lowest BCUT2D eigenvalue weighted by Crippen LogP contribution is -2.38. The van der Waals surface area contributed by atoms with Gasteiger partial charge in [0.2, 0.25) is 0 Å². The molecule has 0 N–H and O–H groups in total. The first-order valence-electron chi connectivity index (χ1n) is 8.46. The molecular weight excluding hydrogens is 216 g/mol. The Kier molecular flexibility index (Phi) is 8.99. The number of rotatable bonds is 10. The summed E-state index contributed by atoms with van der Waals surface area (Å²) in [5, 5.41) is 0. The van der Waals surface area contributed by atoms with Crippen LogP contribution in [0.5, 0.6) is 0 Å². The Bertz CT molecular complexity index is 192. The quantitative estimate of drug-likeness (QED) is 0.407. The average Bonchev–Trinajstić information content (AvgIpc) is 2.32. The van der Waals surface area contributed by atoms with Gasteiger partial charge in [-0.1, -0.05) is 74.1 Å². The first-order chi connectivity index (χ1) is 8.46. The summed E-state index contributed by atoms with van der Waals surface area (Å²) < 4.78 is 0. The van der Waals surface area contributed by atoms with Crippen LogP contribution in [0.25, 0.3) is 0 Å². The van der Waals surface area contributed by atoms with Gasteiger partial charge in [-0.25, -0.2) is 0 Å². The molecule has 0 bridgehead atoms. The van der Waals surface area contributed by atoms with Crippen LogP contribution in [0, 0.1) is 23.2 Å². The zero-order chi connectivity index (χ0) is 14.2. The summed E-state index contributed by atoms with van der Waals surface area (Å²) >= 11 is 0. The summed E-state index contributed by atoms with van der Waals surface area (Å²) in [5.74, 6) is 2.56. The van der Waals surface area contributed by atoms with Crippen LogP contribution in [0.4, 0.5) is 0 Å². The molecule has 0 aromatic heterocycles. The van der Waals surface area contributed by atoms with Crippen molar-refractivity contribution in [1.82, 2.24) is 0 Å². The summed E-state index contributed by atoms with van der Waals surface area (Å²) in [6, 6.07) is 0. The van der Waals surface area contributed by atoms with Crippen LogP contribution < -0.4 is 0 Å². The van der Waals surface area contributed by atoms with Crippen LogP contribution in [0.3, 0.4) is 0 Å². The second kappa shape index (κ2) is 8.99. The molecule has 0 saturated carbocycles. The third-order valence-corrected chi connectivity index (χ3v) is 5.22. The first kappa shape index (κ1) is 18.0. The van der Waals surface area contributed by atoms with Crippen LogP contribution >= 0.6 is 0 Å². The Morgan fingerprint density at radius 1 is 0.833 bits per heavy atom. The van der Waals surface area contributed by atoms with Crippen molar-refractivity contribution in [1.29, 1.82) is 0 Å². The molecule has 0 heteroatoms. The van der Waals surface area contributed by atoms with Gasteiger partial charge in [-0.2, -0.15) is 0 Å². The van der Waals surface area contributed by atoms with Gasteiger partial charge in [-0.15, -0.1) is 0 Å². The smallest absolute Gasteiger partial charge is 0.0246 e. The predicted octanol–water partition coefficient (Wildman–Crippen LogP) is 6.69. The van der Waals surface area contributed by atoms with Crippen molar-refractivity contribution in [3.05, 3.63) is 0 Å². The molecule has 0 aliphatic carbocycles. The molecule has 0 radical (unpaired) electrons. The molecule has 0 aliphatic heterocycles. The normalized spacial score (nSPS) is 17.2. The Balaban J connectivity index is 5.05. The van der Waals surface area contributed by atoms with Gasteiger partial charge in [-0.05, 0) is 42.4 Å². The van der Waals surface area contributed by atoms with Crippen molar-refractivity contribution in [2.24, 2.45) is 23.2 Å². The fourth-order valence-electron chi connectivity index (χ4n) is 3.96. The fraction of sp³-hybridized carbons (Fsp3) is 1.00. The highest BCUT2D eigenvalue weighted by Crippen LogP contribution is 2.49. The maximum absolute atomic E-state index is 2.46. The highest BCUT2D eigenvalue weighted by atomic mass is 14.4. The second-order valence-electron chi connectivity index (χ2n) is 6.84. The summed E-state index contributed by atoms with van der Waals surface area (Å²) in [6.45, 7) is 16.9. The van der Waals surface area contributed by atoms with E-state index in [9.17, 15) is 0 Å². The van der Waals surface area contributed by atoms with E-state index in [0.717, 1.165) is 17.8 Å². The minimum Gasteiger partial charge on any atom is -0.0654 e. The molecule has 0 nitrogen and oxygen atoms in total. The maximum Gasteiger partial charge on any atom is -0.0246 e. The van der Waals surface area contributed by atoms with Gasteiger partial charge in [0, 0.05) is 0 Å². The summed E-state index contributed by atoms with van der Waals surface area (Å²) in [4.78, 5) is 0. The molecule has 0 aromatic rings. The van der Waals surface area contributed by atoms with E-state index in [4.69, 9.17) is 0 Å². The standard InChI is InChI=1S/C18H38/c1-8-11-13-17(15(4)5)18(10-3,16(6)7)14-12-9-2/h15-17H,8-14H2,1-7H3. The Morgan fingerprint density at radius 3 is 1.72 bits per heavy atom. The largest absolute Gasteiger partial charge is 0.0654 e. The highest BCUT2D eigenvalue weighted by Gasteiger charge is 2.40. The zero-order valence-corrected chi connectivity index (χ0v) is 14.2. The molecular formula is C18H38. The van der Waals surface area contributed by atoms with Gasteiger partial charge >= 0.3 is 0 Å². The van der Waals surface area contributed by atoms with E-state index in [-0.39, 0.29) is 0 Å². The maximum atomic E-state index is 2.46. The molecule has 0 fully saturated rings. The second-order valence-corrected chi connectivity index (χ2v) is 6.84. The van der Waals surface area contributed by atoms with Crippen molar-refractivity contribution in [3.63, 3.8) is 0 Å². The first-order valence-corrected chi connectivity index (χ1v) is 8.46. The summed E-state index contributed by atoms with van der Waals surface area (Å²) in [7, 11) is 0. The van der Waals surface area contributed by atoms with Crippen molar-refractivity contribution < 1.29 is 0 Å². The lowest BCUT2D eigenvalue weighted by atomic mass is 9.59. The molecule has 0 saturated heterocycles.